The average Bonchev–Trinajstić information content (AvgIpc) is 2.95. The van der Waals surface area contributed by atoms with E-state index in [0.717, 1.165) is 11.4 Å². The first kappa shape index (κ1) is 17.1. The molecule has 1 heterocycles. The Balaban J connectivity index is 1.98. The van der Waals surface area contributed by atoms with Crippen LogP contribution in [0.25, 0.3) is 5.69 Å². The zero-order chi connectivity index (χ0) is 16.8. The summed E-state index contributed by atoms with van der Waals surface area (Å²) in [5, 5.41) is 16.7. The van der Waals surface area contributed by atoms with Gasteiger partial charge in [0, 0.05) is 19.3 Å². The number of halogens is 1. The van der Waals surface area contributed by atoms with Crippen LogP contribution in [0.2, 0.25) is 0 Å². The highest BCUT2D eigenvalue weighted by Crippen LogP contribution is 2.13. The van der Waals surface area contributed by atoms with Crippen molar-refractivity contribution in [3.8, 4) is 5.69 Å². The van der Waals surface area contributed by atoms with Gasteiger partial charge in [0.15, 0.2) is 0 Å². The van der Waals surface area contributed by atoms with Crippen molar-refractivity contribution in [3.63, 3.8) is 0 Å². The number of hydrogen-bond donors (Lipinski definition) is 2. The maximum atomic E-state index is 13.0. The van der Waals surface area contributed by atoms with Gasteiger partial charge in [-0.05, 0) is 42.7 Å². The van der Waals surface area contributed by atoms with E-state index in [2.05, 4.69) is 10.4 Å². The summed E-state index contributed by atoms with van der Waals surface area (Å²) in [5.41, 5.74) is 1.66. The summed E-state index contributed by atoms with van der Waals surface area (Å²) >= 11 is 0. The first-order valence-electron chi connectivity index (χ1n) is 7.69. The van der Waals surface area contributed by atoms with Crippen LogP contribution in [-0.4, -0.2) is 27.4 Å². The third-order valence-corrected chi connectivity index (χ3v) is 3.59. The first-order chi connectivity index (χ1) is 11.0. The number of rotatable bonds is 8. The number of nitrogens with zero attached hydrogens (tertiary/aromatic N) is 2. The molecule has 0 saturated heterocycles. The Morgan fingerprint density at radius 2 is 2.00 bits per heavy atom. The van der Waals surface area contributed by atoms with E-state index in [-0.39, 0.29) is 5.82 Å². The third kappa shape index (κ3) is 4.89. The number of carboxylic acid groups (broad SMARTS) is 1. The minimum absolute atomic E-state index is 0.293. The normalized spacial score (nSPS) is 12.5. The number of carbonyl (C=O) groups is 1. The molecule has 5 nitrogen and oxygen atoms in total. The summed E-state index contributed by atoms with van der Waals surface area (Å²) in [7, 11) is 0. The Labute approximate surface area is 135 Å². The molecule has 2 aromatic rings. The fourth-order valence-electron chi connectivity index (χ4n) is 2.49. The Morgan fingerprint density at radius 3 is 2.61 bits per heavy atom. The monoisotopic (exact) mass is 319 g/mol. The van der Waals surface area contributed by atoms with Crippen LogP contribution < -0.4 is 5.32 Å². The molecule has 2 rings (SSSR count). The lowest BCUT2D eigenvalue weighted by atomic mass is 9.97. The molecule has 6 heteroatoms. The molecule has 0 spiro atoms. The Kier molecular flexibility index (Phi) is 5.87. The minimum atomic E-state index is -0.779. The van der Waals surface area contributed by atoms with E-state index in [1.165, 1.54) is 12.1 Å². The van der Waals surface area contributed by atoms with Gasteiger partial charge in [-0.2, -0.15) is 5.10 Å². The predicted octanol–water partition coefficient (Wildman–Crippen LogP) is 2.85. The highest BCUT2D eigenvalue weighted by molar-refractivity contribution is 5.70. The predicted molar refractivity (Wildman–Crippen MR) is 85.8 cm³/mol. The van der Waals surface area contributed by atoms with Gasteiger partial charge in [0.25, 0.3) is 0 Å². The molecule has 124 valence electrons. The Hall–Kier alpha value is -2.21. The van der Waals surface area contributed by atoms with Crippen molar-refractivity contribution in [1.82, 2.24) is 15.1 Å². The number of nitrogens with one attached hydrogen (secondary N) is 1. The van der Waals surface area contributed by atoms with Gasteiger partial charge in [0.1, 0.15) is 5.82 Å². The van der Waals surface area contributed by atoms with Gasteiger partial charge < -0.3 is 10.4 Å². The highest BCUT2D eigenvalue weighted by Gasteiger charge is 2.18. The van der Waals surface area contributed by atoms with Crippen LogP contribution in [-0.2, 0) is 11.3 Å². The molecule has 23 heavy (non-hydrogen) atoms. The lowest BCUT2D eigenvalue weighted by Gasteiger charge is -2.15. The molecule has 0 saturated carbocycles. The molecular formula is C17H22FN3O2. The van der Waals surface area contributed by atoms with Crippen molar-refractivity contribution in [2.24, 2.45) is 11.8 Å². The van der Waals surface area contributed by atoms with Crippen LogP contribution in [0.3, 0.4) is 0 Å². The lowest BCUT2D eigenvalue weighted by Crippen LogP contribution is -2.29. The number of benzene rings is 1. The number of aromatic nitrogens is 2. The summed E-state index contributed by atoms with van der Waals surface area (Å²) in [5.74, 6) is -1.14. The van der Waals surface area contributed by atoms with E-state index < -0.39 is 11.9 Å². The molecule has 1 aromatic heterocycles. The molecule has 0 fully saturated rings. The molecule has 2 N–H and O–H groups in total. The van der Waals surface area contributed by atoms with Crippen LogP contribution in [0.15, 0.2) is 36.5 Å². The minimum Gasteiger partial charge on any atom is -0.481 e. The van der Waals surface area contributed by atoms with Crippen LogP contribution in [0.1, 0.15) is 26.0 Å². The number of hydrogen-bond acceptors (Lipinski definition) is 3. The molecule has 0 bridgehead atoms. The second-order valence-electron chi connectivity index (χ2n) is 6.01. The van der Waals surface area contributed by atoms with Gasteiger partial charge in [-0.3, -0.25) is 4.79 Å². The molecule has 0 radical (unpaired) electrons. The Morgan fingerprint density at radius 1 is 1.30 bits per heavy atom. The molecule has 0 aliphatic carbocycles. The SMILES string of the molecule is CC(C)CC(CNCc1ccnn1-c1ccc(F)cc1)C(=O)O. The van der Waals surface area contributed by atoms with Crippen LogP contribution in [0.4, 0.5) is 4.39 Å². The van der Waals surface area contributed by atoms with Crippen LogP contribution in [0, 0.1) is 17.7 Å². The van der Waals surface area contributed by atoms with Crippen molar-refractivity contribution < 1.29 is 14.3 Å². The largest absolute Gasteiger partial charge is 0.481 e. The van der Waals surface area contributed by atoms with Gasteiger partial charge in [-0.25, -0.2) is 9.07 Å². The number of carboxylic acids is 1. The topological polar surface area (TPSA) is 67.2 Å². The standard InChI is InChI=1S/C17H22FN3O2/c1-12(2)9-13(17(22)23)10-19-11-16-7-8-20-21(16)15-5-3-14(18)4-6-15/h3-8,12-13,19H,9-11H2,1-2H3,(H,22,23). The van der Waals surface area contributed by atoms with E-state index in [4.69, 9.17) is 0 Å². The maximum absolute atomic E-state index is 13.0. The van der Waals surface area contributed by atoms with Crippen molar-refractivity contribution >= 4 is 5.97 Å². The zero-order valence-electron chi connectivity index (χ0n) is 13.4. The molecule has 1 atom stereocenters. The second kappa shape index (κ2) is 7.87. The summed E-state index contributed by atoms with van der Waals surface area (Å²) in [6, 6.07) is 7.94. The summed E-state index contributed by atoms with van der Waals surface area (Å²) in [6.45, 7) is 4.93. The van der Waals surface area contributed by atoms with Gasteiger partial charge in [-0.15, -0.1) is 0 Å². The number of aliphatic carboxylic acids is 1. The van der Waals surface area contributed by atoms with Crippen molar-refractivity contribution in [1.29, 1.82) is 0 Å². The van der Waals surface area contributed by atoms with Gasteiger partial charge in [-0.1, -0.05) is 13.8 Å². The smallest absolute Gasteiger partial charge is 0.307 e. The van der Waals surface area contributed by atoms with Gasteiger partial charge in [0.05, 0.1) is 17.3 Å². The van der Waals surface area contributed by atoms with E-state index in [1.54, 1.807) is 23.0 Å². The first-order valence-corrected chi connectivity index (χ1v) is 7.69. The van der Waals surface area contributed by atoms with Crippen molar-refractivity contribution in [2.45, 2.75) is 26.8 Å². The van der Waals surface area contributed by atoms with E-state index in [0.29, 0.717) is 25.4 Å². The van der Waals surface area contributed by atoms with E-state index >= 15 is 0 Å². The van der Waals surface area contributed by atoms with Gasteiger partial charge in [0.2, 0.25) is 0 Å². The van der Waals surface area contributed by atoms with E-state index in [1.807, 2.05) is 19.9 Å². The summed E-state index contributed by atoms with van der Waals surface area (Å²) in [6.07, 6.45) is 2.31. The lowest BCUT2D eigenvalue weighted by molar-refractivity contribution is -0.142. The maximum Gasteiger partial charge on any atom is 0.307 e. The van der Waals surface area contributed by atoms with Crippen molar-refractivity contribution in [2.75, 3.05) is 6.54 Å². The third-order valence-electron chi connectivity index (χ3n) is 3.59. The molecule has 0 aliphatic heterocycles. The molecule has 0 aliphatic rings. The summed E-state index contributed by atoms with van der Waals surface area (Å²) < 4.78 is 14.7. The fourth-order valence-corrected chi connectivity index (χ4v) is 2.49. The molecule has 0 amide bonds. The van der Waals surface area contributed by atoms with Gasteiger partial charge >= 0.3 is 5.97 Å². The van der Waals surface area contributed by atoms with Crippen molar-refractivity contribution in [3.05, 3.63) is 48.0 Å². The van der Waals surface area contributed by atoms with E-state index in [9.17, 15) is 14.3 Å². The fraction of sp³-hybridized carbons (Fsp3) is 0.412. The second-order valence-corrected chi connectivity index (χ2v) is 6.01. The highest BCUT2D eigenvalue weighted by atomic mass is 19.1. The van der Waals surface area contributed by atoms with Crippen LogP contribution >= 0.6 is 0 Å². The average molecular weight is 319 g/mol. The molecule has 1 aromatic carbocycles. The zero-order valence-corrected chi connectivity index (χ0v) is 13.4. The molecular weight excluding hydrogens is 297 g/mol. The Bertz CT molecular complexity index is 638. The van der Waals surface area contributed by atoms with Crippen LogP contribution in [0.5, 0.6) is 0 Å². The quantitative estimate of drug-likeness (QED) is 0.785. The molecule has 1 unspecified atom stereocenters. The summed E-state index contributed by atoms with van der Waals surface area (Å²) in [4.78, 5) is 11.3.